The molecule has 0 N–H and O–H groups in total. The molecule has 3 aromatic rings. The van der Waals surface area contributed by atoms with E-state index >= 15 is 0 Å². The summed E-state index contributed by atoms with van der Waals surface area (Å²) in [5.74, 6) is 0.244. The first kappa shape index (κ1) is 30.8. The number of aryl methyl sites for hydroxylation is 1. The lowest BCUT2D eigenvalue weighted by Crippen LogP contribution is -2.48. The zero-order chi connectivity index (χ0) is 30.0. The van der Waals surface area contributed by atoms with Crippen LogP contribution in [0.4, 0.5) is 0 Å². The van der Waals surface area contributed by atoms with Crippen molar-refractivity contribution in [3.8, 4) is 5.75 Å². The van der Waals surface area contributed by atoms with Crippen LogP contribution in [0, 0.1) is 0 Å². The van der Waals surface area contributed by atoms with E-state index < -0.39 is 10.0 Å². The van der Waals surface area contributed by atoms with Gasteiger partial charge >= 0.3 is 0 Å². The third-order valence-electron chi connectivity index (χ3n) is 8.51. The van der Waals surface area contributed by atoms with Crippen LogP contribution in [0.2, 0.25) is 10.0 Å². The Labute approximate surface area is 259 Å². The monoisotopic (exact) mass is 629 g/mol. The highest BCUT2D eigenvalue weighted by molar-refractivity contribution is 7.89. The van der Waals surface area contributed by atoms with Gasteiger partial charge in [-0.1, -0.05) is 59.6 Å². The minimum atomic E-state index is -3.91. The number of likely N-dealkylation sites (N-methyl/N-ethyl adjacent to an activating group) is 1. The molecule has 1 fully saturated rings. The van der Waals surface area contributed by atoms with Crippen molar-refractivity contribution in [2.24, 2.45) is 0 Å². The van der Waals surface area contributed by atoms with Gasteiger partial charge in [-0.3, -0.25) is 9.69 Å². The van der Waals surface area contributed by atoms with Crippen LogP contribution in [0.25, 0.3) is 0 Å². The molecule has 5 rings (SSSR count). The lowest BCUT2D eigenvalue weighted by molar-refractivity contribution is -0.133. The number of nitrogens with zero attached hydrogens (tertiary/aromatic N) is 3. The van der Waals surface area contributed by atoms with Crippen LogP contribution in [0.5, 0.6) is 5.75 Å². The van der Waals surface area contributed by atoms with E-state index in [0.29, 0.717) is 15.8 Å². The Balaban J connectivity index is 1.53. The SMILES string of the molecule is COc1cc2c(cc1S(=O)(=O)N(C)Cc1ccccc1)[C@H](N(C)C(=O)Cc1ccc(Cl)c(Cl)c1)[C@@H](N1CCCC1)CC2. The number of carbonyl (C=O) groups excluding carboxylic acids is 1. The normalized spacial score (nSPS) is 19.1. The minimum Gasteiger partial charge on any atom is -0.495 e. The Morgan fingerprint density at radius 2 is 1.69 bits per heavy atom. The van der Waals surface area contributed by atoms with Gasteiger partial charge in [0.05, 0.1) is 29.6 Å². The fourth-order valence-electron chi connectivity index (χ4n) is 6.26. The number of hydrogen-bond acceptors (Lipinski definition) is 5. The number of carbonyl (C=O) groups is 1. The van der Waals surface area contributed by atoms with Gasteiger partial charge in [-0.15, -0.1) is 0 Å². The van der Waals surface area contributed by atoms with Gasteiger partial charge in [0.1, 0.15) is 10.6 Å². The van der Waals surface area contributed by atoms with E-state index in [1.165, 1.54) is 11.4 Å². The fraction of sp³-hybridized carbons (Fsp3) is 0.406. The Bertz CT molecular complexity index is 1540. The third kappa shape index (κ3) is 6.33. The van der Waals surface area contributed by atoms with Gasteiger partial charge in [0.25, 0.3) is 0 Å². The van der Waals surface area contributed by atoms with Crippen molar-refractivity contribution in [3.05, 3.63) is 93.0 Å². The van der Waals surface area contributed by atoms with E-state index in [2.05, 4.69) is 4.90 Å². The summed E-state index contributed by atoms with van der Waals surface area (Å²) >= 11 is 12.3. The quantitative estimate of drug-likeness (QED) is 0.291. The Morgan fingerprint density at radius 3 is 2.36 bits per heavy atom. The van der Waals surface area contributed by atoms with Crippen LogP contribution in [0.3, 0.4) is 0 Å². The molecule has 0 bridgehead atoms. The molecule has 0 radical (unpaired) electrons. The summed E-state index contributed by atoms with van der Waals surface area (Å²) in [7, 11) is 0.990. The first-order valence-electron chi connectivity index (χ1n) is 14.2. The third-order valence-corrected chi connectivity index (χ3v) is 11.1. The van der Waals surface area contributed by atoms with Crippen molar-refractivity contribution in [1.82, 2.24) is 14.1 Å². The van der Waals surface area contributed by atoms with Gasteiger partial charge in [-0.25, -0.2) is 8.42 Å². The van der Waals surface area contributed by atoms with Gasteiger partial charge in [0.15, 0.2) is 0 Å². The van der Waals surface area contributed by atoms with Crippen molar-refractivity contribution in [2.45, 2.75) is 55.6 Å². The number of benzene rings is 3. The van der Waals surface area contributed by atoms with Gasteiger partial charge in [-0.05, 0) is 85.3 Å². The molecule has 224 valence electrons. The molecule has 0 unspecified atom stereocenters. The fourth-order valence-corrected chi connectivity index (χ4v) is 7.91. The van der Waals surface area contributed by atoms with E-state index in [9.17, 15) is 13.2 Å². The molecule has 10 heteroatoms. The predicted molar refractivity (Wildman–Crippen MR) is 167 cm³/mol. The van der Waals surface area contributed by atoms with Gasteiger partial charge in [-0.2, -0.15) is 4.31 Å². The molecular formula is C32H37Cl2N3O4S. The summed E-state index contributed by atoms with van der Waals surface area (Å²) in [6.07, 6.45) is 4.03. The topological polar surface area (TPSA) is 70.2 Å². The van der Waals surface area contributed by atoms with E-state index in [4.69, 9.17) is 27.9 Å². The zero-order valence-electron chi connectivity index (χ0n) is 24.2. The van der Waals surface area contributed by atoms with E-state index in [-0.39, 0.29) is 35.9 Å². The van der Waals surface area contributed by atoms with Crippen molar-refractivity contribution in [2.75, 3.05) is 34.3 Å². The molecule has 0 saturated carbocycles. The second-order valence-corrected chi connectivity index (χ2v) is 14.0. The van der Waals surface area contributed by atoms with E-state index in [1.54, 1.807) is 30.1 Å². The molecule has 2 atom stereocenters. The van der Waals surface area contributed by atoms with Crippen LogP contribution in [-0.2, 0) is 34.2 Å². The molecule has 1 heterocycles. The highest BCUT2D eigenvalue weighted by Crippen LogP contribution is 2.42. The van der Waals surface area contributed by atoms with E-state index in [0.717, 1.165) is 61.0 Å². The van der Waals surface area contributed by atoms with E-state index in [1.807, 2.05) is 49.5 Å². The highest BCUT2D eigenvalue weighted by Gasteiger charge is 2.40. The summed E-state index contributed by atoms with van der Waals surface area (Å²) in [5.41, 5.74) is 3.53. The van der Waals surface area contributed by atoms with Crippen LogP contribution in [0.15, 0.2) is 65.6 Å². The highest BCUT2D eigenvalue weighted by atomic mass is 35.5. The summed E-state index contributed by atoms with van der Waals surface area (Å²) in [6, 6.07) is 18.1. The Morgan fingerprint density at radius 1 is 0.976 bits per heavy atom. The van der Waals surface area contributed by atoms with Crippen molar-refractivity contribution >= 4 is 39.1 Å². The maximum atomic E-state index is 14.0. The molecule has 7 nitrogen and oxygen atoms in total. The van der Waals surface area contributed by atoms with Crippen molar-refractivity contribution in [3.63, 3.8) is 0 Å². The summed E-state index contributed by atoms with van der Waals surface area (Å²) in [4.78, 5) is 18.1. The largest absolute Gasteiger partial charge is 0.495 e. The molecular weight excluding hydrogens is 593 g/mol. The summed E-state index contributed by atoms with van der Waals surface area (Å²) in [6.45, 7) is 2.16. The van der Waals surface area contributed by atoms with Gasteiger partial charge in [0.2, 0.25) is 15.9 Å². The molecule has 1 amide bonds. The second kappa shape index (κ2) is 12.9. The number of likely N-dealkylation sites (tertiary alicyclic amines) is 1. The summed E-state index contributed by atoms with van der Waals surface area (Å²) < 4.78 is 35.0. The van der Waals surface area contributed by atoms with Crippen molar-refractivity contribution in [1.29, 1.82) is 0 Å². The van der Waals surface area contributed by atoms with Crippen LogP contribution in [0.1, 0.15) is 47.6 Å². The standard InChI is InChI=1S/C32H37Cl2N3O4S/c1-35(21-22-9-5-4-6-10-22)42(39,40)30-20-25-24(19-29(30)41-3)12-14-28(37-15-7-8-16-37)32(25)36(2)31(38)18-23-11-13-26(33)27(34)17-23/h4-6,9-11,13,17,19-20,28,32H,7-8,12,14-16,18,21H2,1-3H3/t28-,32-/m0/s1. The smallest absolute Gasteiger partial charge is 0.246 e. The number of methoxy groups -OCH3 is 1. The molecule has 0 spiro atoms. The Kier molecular flexibility index (Phi) is 9.50. The molecule has 1 saturated heterocycles. The average Bonchev–Trinajstić information content (AvgIpc) is 3.53. The van der Waals surface area contributed by atoms with Crippen LogP contribution in [-0.4, -0.2) is 68.8 Å². The maximum Gasteiger partial charge on any atom is 0.246 e. The molecule has 1 aliphatic heterocycles. The number of halogens is 2. The number of ether oxygens (including phenoxy) is 1. The molecule has 1 aliphatic carbocycles. The number of rotatable bonds is 9. The minimum absolute atomic E-state index is 0.0724. The number of fused-ring (bicyclic) bond motifs is 1. The maximum absolute atomic E-state index is 14.0. The summed E-state index contributed by atoms with van der Waals surface area (Å²) in [5, 5.41) is 0.848. The molecule has 2 aliphatic rings. The molecule has 3 aromatic carbocycles. The Hall–Kier alpha value is -2.62. The average molecular weight is 631 g/mol. The van der Waals surface area contributed by atoms with Gasteiger partial charge < -0.3 is 9.64 Å². The molecule has 0 aromatic heterocycles. The lowest BCUT2D eigenvalue weighted by Gasteiger charge is -2.44. The second-order valence-electron chi connectivity index (χ2n) is 11.2. The van der Waals surface area contributed by atoms with Crippen LogP contribution >= 0.6 is 23.2 Å². The first-order chi connectivity index (χ1) is 20.1. The predicted octanol–water partition coefficient (Wildman–Crippen LogP) is 5.98. The van der Waals surface area contributed by atoms with Crippen LogP contribution < -0.4 is 4.74 Å². The number of sulfonamides is 1. The first-order valence-corrected chi connectivity index (χ1v) is 16.4. The van der Waals surface area contributed by atoms with Crippen molar-refractivity contribution < 1.29 is 17.9 Å². The number of amides is 1. The number of hydrogen-bond donors (Lipinski definition) is 0. The van der Waals surface area contributed by atoms with Gasteiger partial charge in [0, 0.05) is 26.7 Å². The molecule has 42 heavy (non-hydrogen) atoms. The lowest BCUT2D eigenvalue weighted by atomic mass is 9.82. The zero-order valence-corrected chi connectivity index (χ0v) is 26.6.